The lowest BCUT2D eigenvalue weighted by molar-refractivity contribution is -0.00545. The average molecular weight is 515 g/mol. The van der Waals surface area contributed by atoms with Gasteiger partial charge in [0.05, 0.1) is 18.8 Å². The third-order valence-electron chi connectivity index (χ3n) is 6.11. The zero-order chi connectivity index (χ0) is 20.0. The van der Waals surface area contributed by atoms with Crippen LogP contribution in [0.5, 0.6) is 0 Å². The van der Waals surface area contributed by atoms with E-state index in [4.69, 9.17) is 9.73 Å². The molecule has 2 atom stereocenters. The number of halogens is 1. The molecule has 1 saturated carbocycles. The molecule has 2 unspecified atom stereocenters. The average Bonchev–Trinajstić information content (AvgIpc) is 2.65. The van der Waals surface area contributed by atoms with E-state index in [0.717, 1.165) is 43.5 Å². The molecule has 0 aromatic carbocycles. The predicted molar refractivity (Wildman–Crippen MR) is 131 cm³/mol. The van der Waals surface area contributed by atoms with E-state index < -0.39 is 0 Å². The minimum atomic E-state index is 0. The Kier molecular flexibility index (Phi) is 9.46. The first-order chi connectivity index (χ1) is 13.5. The van der Waals surface area contributed by atoms with Gasteiger partial charge in [0.1, 0.15) is 5.82 Å². The van der Waals surface area contributed by atoms with Gasteiger partial charge in [-0.25, -0.2) is 9.98 Å². The summed E-state index contributed by atoms with van der Waals surface area (Å²) >= 11 is 0. The summed E-state index contributed by atoms with van der Waals surface area (Å²) < 4.78 is 5.82. The Morgan fingerprint density at radius 3 is 2.45 bits per heavy atom. The highest BCUT2D eigenvalue weighted by Gasteiger charge is 2.34. The number of anilines is 1. The smallest absolute Gasteiger partial charge is 0.191 e. The van der Waals surface area contributed by atoms with Crippen molar-refractivity contribution in [3.8, 4) is 0 Å². The second-order valence-corrected chi connectivity index (χ2v) is 8.44. The van der Waals surface area contributed by atoms with Crippen LogP contribution in [0.3, 0.4) is 0 Å². The second-order valence-electron chi connectivity index (χ2n) is 8.44. The van der Waals surface area contributed by atoms with Gasteiger partial charge in [-0.1, -0.05) is 19.4 Å². The van der Waals surface area contributed by atoms with Gasteiger partial charge in [-0.2, -0.15) is 0 Å². The Bertz CT molecular complexity index is 632. The Hall–Kier alpha value is -1.09. The summed E-state index contributed by atoms with van der Waals surface area (Å²) in [7, 11) is 0. The van der Waals surface area contributed by atoms with E-state index in [1.807, 2.05) is 6.20 Å². The number of nitrogens with zero attached hydrogens (tertiary/aromatic N) is 3. The first-order valence-electron chi connectivity index (χ1n) is 10.9. The highest BCUT2D eigenvalue weighted by molar-refractivity contribution is 14.0. The van der Waals surface area contributed by atoms with Crippen molar-refractivity contribution in [2.24, 2.45) is 10.4 Å². The molecule has 1 aromatic rings. The number of hydrogen-bond acceptors (Lipinski definition) is 4. The van der Waals surface area contributed by atoms with Gasteiger partial charge in [-0.05, 0) is 57.1 Å². The van der Waals surface area contributed by atoms with Gasteiger partial charge in [0.25, 0.3) is 0 Å². The molecule has 2 N–H and O–H groups in total. The lowest BCUT2D eigenvalue weighted by Gasteiger charge is -2.41. The third-order valence-corrected chi connectivity index (χ3v) is 6.11. The maximum Gasteiger partial charge on any atom is 0.191 e. The normalized spacial score (nSPS) is 23.7. The summed E-state index contributed by atoms with van der Waals surface area (Å²) in [4.78, 5) is 11.7. The van der Waals surface area contributed by atoms with Crippen molar-refractivity contribution in [3.63, 3.8) is 0 Å². The van der Waals surface area contributed by atoms with Crippen molar-refractivity contribution >= 4 is 35.8 Å². The molecule has 6 nitrogen and oxygen atoms in total. The molecule has 1 aliphatic carbocycles. The minimum Gasteiger partial charge on any atom is -0.372 e. The fourth-order valence-corrected chi connectivity index (χ4v) is 4.18. The number of nitrogens with one attached hydrogen (secondary N) is 2. The van der Waals surface area contributed by atoms with Crippen LogP contribution < -0.4 is 15.5 Å². The quantitative estimate of drug-likeness (QED) is 0.327. The van der Waals surface area contributed by atoms with Crippen molar-refractivity contribution in [1.29, 1.82) is 0 Å². The minimum absolute atomic E-state index is 0. The third kappa shape index (κ3) is 6.70. The summed E-state index contributed by atoms with van der Waals surface area (Å²) in [5, 5.41) is 6.92. The Labute approximate surface area is 193 Å². The van der Waals surface area contributed by atoms with Crippen molar-refractivity contribution in [3.05, 3.63) is 23.9 Å². The van der Waals surface area contributed by atoms with Crippen LogP contribution in [0.2, 0.25) is 0 Å². The largest absolute Gasteiger partial charge is 0.372 e. The topological polar surface area (TPSA) is 61.8 Å². The molecule has 1 aliphatic heterocycles. The molecule has 2 fully saturated rings. The van der Waals surface area contributed by atoms with Gasteiger partial charge in [-0.3, -0.25) is 0 Å². The number of aromatic nitrogens is 1. The van der Waals surface area contributed by atoms with Crippen molar-refractivity contribution in [2.45, 2.75) is 72.1 Å². The maximum absolute atomic E-state index is 5.82. The van der Waals surface area contributed by atoms with E-state index in [1.165, 1.54) is 25.7 Å². The van der Waals surface area contributed by atoms with E-state index in [-0.39, 0.29) is 36.2 Å². The van der Waals surface area contributed by atoms with E-state index in [9.17, 15) is 0 Å². The molecule has 0 radical (unpaired) electrons. The summed E-state index contributed by atoms with van der Waals surface area (Å²) in [6.45, 7) is 12.9. The number of aliphatic imine (C=N–C) groups is 1. The van der Waals surface area contributed by atoms with E-state index in [1.54, 1.807) is 0 Å². The predicted octanol–water partition coefficient (Wildman–Crippen LogP) is 3.95. The zero-order valence-electron chi connectivity index (χ0n) is 18.4. The van der Waals surface area contributed by atoms with Crippen LogP contribution in [0.15, 0.2) is 23.3 Å². The van der Waals surface area contributed by atoms with Crippen LogP contribution in [0, 0.1) is 5.41 Å². The molecule has 7 heteroatoms. The van der Waals surface area contributed by atoms with Crippen LogP contribution in [-0.2, 0) is 11.3 Å². The van der Waals surface area contributed by atoms with Crippen LogP contribution in [-0.4, -0.2) is 49.3 Å². The second kappa shape index (κ2) is 11.3. The van der Waals surface area contributed by atoms with Crippen LogP contribution in [0.1, 0.15) is 58.9 Å². The fraction of sp³-hybridized carbons (Fsp3) is 0.727. The van der Waals surface area contributed by atoms with Crippen LogP contribution in [0.4, 0.5) is 5.82 Å². The van der Waals surface area contributed by atoms with Gasteiger partial charge in [0.2, 0.25) is 0 Å². The number of hydrogen-bond donors (Lipinski definition) is 2. The van der Waals surface area contributed by atoms with E-state index >= 15 is 0 Å². The lowest BCUT2D eigenvalue weighted by atomic mass is 9.67. The SMILES string of the molecule is CCNC(=NCc1ccc(N2CC(C)OC(C)C2)nc1)NCC1(CC)CCC1.I. The summed E-state index contributed by atoms with van der Waals surface area (Å²) in [5.41, 5.74) is 1.61. The fourth-order valence-electron chi connectivity index (χ4n) is 4.18. The van der Waals surface area contributed by atoms with Crippen molar-refractivity contribution in [1.82, 2.24) is 15.6 Å². The molecule has 0 amide bonds. The molecule has 164 valence electrons. The van der Waals surface area contributed by atoms with Gasteiger partial charge in [0, 0.05) is 32.4 Å². The Balaban J connectivity index is 0.00000300. The molecule has 2 heterocycles. The highest BCUT2D eigenvalue weighted by Crippen LogP contribution is 2.42. The number of rotatable bonds is 7. The molecule has 2 aliphatic rings. The van der Waals surface area contributed by atoms with Crippen LogP contribution in [0.25, 0.3) is 0 Å². The summed E-state index contributed by atoms with van der Waals surface area (Å²) in [5.74, 6) is 1.93. The first-order valence-corrected chi connectivity index (χ1v) is 10.9. The number of morpholine rings is 1. The highest BCUT2D eigenvalue weighted by atomic mass is 127. The molecular weight excluding hydrogens is 477 g/mol. The first kappa shape index (κ1) is 24.2. The number of pyridine rings is 1. The standard InChI is InChI=1S/C22H37N5O.HI/c1-5-22(10-7-11-22)16-26-21(23-6-2)25-13-19-8-9-20(24-12-19)27-14-17(3)28-18(4)15-27;/h8-9,12,17-18H,5-7,10-11,13-16H2,1-4H3,(H2,23,25,26);1H. The molecule has 0 spiro atoms. The maximum atomic E-state index is 5.82. The van der Waals surface area contributed by atoms with Crippen molar-refractivity contribution < 1.29 is 4.74 Å². The lowest BCUT2D eigenvalue weighted by Crippen LogP contribution is -2.46. The van der Waals surface area contributed by atoms with Gasteiger partial charge >= 0.3 is 0 Å². The summed E-state index contributed by atoms with van der Waals surface area (Å²) in [6, 6.07) is 4.25. The van der Waals surface area contributed by atoms with E-state index in [2.05, 4.69) is 60.3 Å². The Morgan fingerprint density at radius 2 is 1.93 bits per heavy atom. The van der Waals surface area contributed by atoms with Gasteiger partial charge in [0.15, 0.2) is 5.96 Å². The van der Waals surface area contributed by atoms with Gasteiger partial charge in [-0.15, -0.1) is 24.0 Å². The molecule has 3 rings (SSSR count). The van der Waals surface area contributed by atoms with Crippen molar-refractivity contribution in [2.75, 3.05) is 31.1 Å². The monoisotopic (exact) mass is 515 g/mol. The number of ether oxygens (including phenoxy) is 1. The van der Waals surface area contributed by atoms with Gasteiger partial charge < -0.3 is 20.3 Å². The zero-order valence-corrected chi connectivity index (χ0v) is 20.7. The van der Waals surface area contributed by atoms with Crippen LogP contribution >= 0.6 is 24.0 Å². The number of guanidine groups is 1. The molecule has 1 saturated heterocycles. The Morgan fingerprint density at radius 1 is 1.21 bits per heavy atom. The molecule has 1 aromatic heterocycles. The molecule has 0 bridgehead atoms. The van der Waals surface area contributed by atoms with E-state index in [0.29, 0.717) is 12.0 Å². The molecule has 29 heavy (non-hydrogen) atoms. The summed E-state index contributed by atoms with van der Waals surface area (Å²) in [6.07, 6.45) is 7.70. The molecular formula is C22H38IN5O.